The van der Waals surface area contributed by atoms with Gasteiger partial charge in [0.25, 0.3) is 0 Å². The first-order valence-electron chi connectivity index (χ1n) is 15.2. The van der Waals surface area contributed by atoms with E-state index < -0.39 is 0 Å². The van der Waals surface area contributed by atoms with Gasteiger partial charge < -0.3 is 29.2 Å². The zero-order chi connectivity index (χ0) is 30.1. The number of anilines is 2. The van der Waals surface area contributed by atoms with E-state index in [9.17, 15) is 4.79 Å². The molecule has 0 bridgehead atoms. The number of ether oxygens (including phenoxy) is 1. The van der Waals surface area contributed by atoms with Gasteiger partial charge in [0.1, 0.15) is 11.9 Å². The minimum absolute atomic E-state index is 0.126. The summed E-state index contributed by atoms with van der Waals surface area (Å²) in [4.78, 5) is 34.9. The number of nitrogens with zero attached hydrogens (tertiary/aromatic N) is 7. The van der Waals surface area contributed by atoms with Crippen molar-refractivity contribution in [3.63, 3.8) is 0 Å². The summed E-state index contributed by atoms with van der Waals surface area (Å²) in [5.74, 6) is 0.755. The standard InChI is InChI=1S/C34H41N7O2/c1-6-30(42)41-18-17-40(20-26(41)19-35-3)32-27-13-16-39(29-12-8-11-25-10-7-9-24(2)31(25)29)21-28(27)36-33(37-32)43-23-34(14-15-34)22-38(4)5/h6-12,26H,1,13-23H2,2,4-5H3. The average Bonchev–Trinajstić information content (AvgIpc) is 3.77. The van der Waals surface area contributed by atoms with Crippen LogP contribution in [0.25, 0.3) is 15.6 Å². The van der Waals surface area contributed by atoms with Gasteiger partial charge in [-0.3, -0.25) is 4.79 Å². The fourth-order valence-corrected chi connectivity index (χ4v) is 6.82. The number of rotatable bonds is 9. The summed E-state index contributed by atoms with van der Waals surface area (Å²) in [7, 11) is 4.21. The Hall–Kier alpha value is -4.16. The summed E-state index contributed by atoms with van der Waals surface area (Å²) >= 11 is 0. The number of benzene rings is 2. The number of fused-ring (bicyclic) bond motifs is 2. The van der Waals surface area contributed by atoms with Crippen molar-refractivity contribution in [1.29, 1.82) is 0 Å². The lowest BCUT2D eigenvalue weighted by molar-refractivity contribution is -0.128. The van der Waals surface area contributed by atoms with E-state index in [1.807, 2.05) is 0 Å². The lowest BCUT2D eigenvalue weighted by atomic mass is 9.99. The molecular formula is C34H41N7O2. The summed E-state index contributed by atoms with van der Waals surface area (Å²) in [6.07, 6.45) is 4.44. The minimum atomic E-state index is -0.222. The molecule has 1 aliphatic carbocycles. The van der Waals surface area contributed by atoms with Crippen molar-refractivity contribution in [2.24, 2.45) is 5.41 Å². The number of hydrogen-bond acceptors (Lipinski definition) is 7. The highest BCUT2D eigenvalue weighted by molar-refractivity contribution is 5.97. The maximum Gasteiger partial charge on any atom is 0.318 e. The minimum Gasteiger partial charge on any atom is -0.463 e. The Morgan fingerprint density at radius 2 is 1.95 bits per heavy atom. The molecule has 224 valence electrons. The van der Waals surface area contributed by atoms with Gasteiger partial charge in [0.15, 0.2) is 0 Å². The van der Waals surface area contributed by atoms with Crippen LogP contribution in [0.2, 0.25) is 0 Å². The zero-order valence-electron chi connectivity index (χ0n) is 25.6. The van der Waals surface area contributed by atoms with Gasteiger partial charge in [-0.25, -0.2) is 6.57 Å². The van der Waals surface area contributed by atoms with Crippen LogP contribution in [0.4, 0.5) is 11.5 Å². The van der Waals surface area contributed by atoms with E-state index in [2.05, 4.69) is 83.5 Å². The number of aromatic nitrogens is 2. The van der Waals surface area contributed by atoms with Crippen LogP contribution in [0.5, 0.6) is 6.01 Å². The van der Waals surface area contributed by atoms with Crippen molar-refractivity contribution in [3.05, 3.63) is 77.3 Å². The predicted octanol–water partition coefficient (Wildman–Crippen LogP) is 4.34. The van der Waals surface area contributed by atoms with Crippen molar-refractivity contribution < 1.29 is 9.53 Å². The molecule has 1 saturated heterocycles. The molecule has 1 saturated carbocycles. The van der Waals surface area contributed by atoms with Crippen LogP contribution in [-0.2, 0) is 17.8 Å². The smallest absolute Gasteiger partial charge is 0.318 e. The molecule has 2 aromatic carbocycles. The highest BCUT2D eigenvalue weighted by Crippen LogP contribution is 2.46. The van der Waals surface area contributed by atoms with Gasteiger partial charge in [0, 0.05) is 54.8 Å². The highest BCUT2D eigenvalue weighted by atomic mass is 16.5. The van der Waals surface area contributed by atoms with Gasteiger partial charge in [-0.15, -0.1) is 0 Å². The molecule has 0 spiro atoms. The Labute approximate surface area is 254 Å². The fraction of sp³-hybridized carbons (Fsp3) is 0.471. The van der Waals surface area contributed by atoms with E-state index in [1.54, 1.807) is 4.90 Å². The molecule has 1 aromatic heterocycles. The Morgan fingerprint density at radius 1 is 1.16 bits per heavy atom. The molecule has 1 unspecified atom stereocenters. The fourth-order valence-electron chi connectivity index (χ4n) is 6.82. The quantitative estimate of drug-likeness (QED) is 0.276. The molecule has 0 N–H and O–H groups in total. The zero-order valence-corrected chi connectivity index (χ0v) is 25.6. The van der Waals surface area contributed by atoms with Crippen molar-refractivity contribution >= 4 is 28.2 Å². The summed E-state index contributed by atoms with van der Waals surface area (Å²) in [6, 6.07) is 13.2. The summed E-state index contributed by atoms with van der Waals surface area (Å²) in [6.45, 7) is 18.4. The monoisotopic (exact) mass is 579 g/mol. The molecule has 6 rings (SSSR count). The van der Waals surface area contributed by atoms with E-state index in [1.165, 1.54) is 28.1 Å². The van der Waals surface area contributed by atoms with Crippen LogP contribution in [0.1, 0.15) is 29.7 Å². The molecule has 2 aliphatic heterocycles. The summed E-state index contributed by atoms with van der Waals surface area (Å²) in [5.41, 5.74) is 4.77. The van der Waals surface area contributed by atoms with Crippen molar-refractivity contribution in [3.8, 4) is 6.01 Å². The number of piperazine rings is 1. The molecule has 3 heterocycles. The first kappa shape index (κ1) is 28.9. The van der Waals surface area contributed by atoms with E-state index in [4.69, 9.17) is 21.3 Å². The largest absolute Gasteiger partial charge is 0.463 e. The third-order valence-electron chi connectivity index (χ3n) is 9.11. The summed E-state index contributed by atoms with van der Waals surface area (Å²) < 4.78 is 6.39. The number of aryl methyl sites for hydroxylation is 1. The van der Waals surface area contributed by atoms with Crippen molar-refractivity contribution in [2.45, 2.75) is 38.8 Å². The number of carbonyl (C=O) groups excluding carboxylic acids is 1. The molecule has 3 aliphatic rings. The summed E-state index contributed by atoms with van der Waals surface area (Å²) in [5, 5.41) is 2.52. The van der Waals surface area contributed by atoms with E-state index >= 15 is 0 Å². The van der Waals surface area contributed by atoms with Gasteiger partial charge >= 0.3 is 6.01 Å². The van der Waals surface area contributed by atoms with Crippen molar-refractivity contribution in [1.82, 2.24) is 19.8 Å². The Morgan fingerprint density at radius 3 is 2.67 bits per heavy atom. The highest BCUT2D eigenvalue weighted by Gasteiger charge is 2.44. The third kappa shape index (κ3) is 5.89. The molecule has 1 amide bonds. The normalized spacial score (nSPS) is 19.2. The maximum atomic E-state index is 12.6. The molecule has 2 fully saturated rings. The number of carbonyl (C=O) groups is 1. The molecular weight excluding hydrogens is 538 g/mol. The molecule has 43 heavy (non-hydrogen) atoms. The van der Waals surface area contributed by atoms with Gasteiger partial charge in [-0.05, 0) is 63.4 Å². The predicted molar refractivity (Wildman–Crippen MR) is 171 cm³/mol. The topological polar surface area (TPSA) is 69.4 Å². The van der Waals surface area contributed by atoms with Crippen molar-refractivity contribution in [2.75, 3.05) is 69.8 Å². The Balaban J connectivity index is 1.34. The van der Waals surface area contributed by atoms with E-state index in [0.29, 0.717) is 38.8 Å². The van der Waals surface area contributed by atoms with Crippen LogP contribution < -0.4 is 14.5 Å². The van der Waals surface area contributed by atoms with Crippen LogP contribution in [0.3, 0.4) is 0 Å². The van der Waals surface area contributed by atoms with Gasteiger partial charge in [0.05, 0.1) is 18.8 Å². The molecule has 3 aromatic rings. The van der Waals surface area contributed by atoms with Crippen LogP contribution >= 0.6 is 0 Å². The third-order valence-corrected chi connectivity index (χ3v) is 9.11. The maximum absolute atomic E-state index is 12.6. The van der Waals surface area contributed by atoms with Crippen LogP contribution in [0.15, 0.2) is 49.1 Å². The lowest BCUT2D eigenvalue weighted by Gasteiger charge is -2.41. The SMILES string of the molecule is [C-]#[N+]CC1CN(c2nc(OCC3(CN(C)C)CC3)nc3c2CCN(c2cccc4cccc(C)c24)C3)CCN1C(=O)C=C. The molecule has 9 nitrogen and oxygen atoms in total. The van der Waals surface area contributed by atoms with E-state index in [-0.39, 0.29) is 23.9 Å². The number of amides is 1. The first-order chi connectivity index (χ1) is 20.8. The van der Waals surface area contributed by atoms with E-state index in [0.717, 1.165) is 49.4 Å². The van der Waals surface area contributed by atoms with Crippen LogP contribution in [0, 0.1) is 18.9 Å². The second kappa shape index (κ2) is 11.8. The lowest BCUT2D eigenvalue weighted by Crippen LogP contribution is -2.56. The second-order valence-corrected chi connectivity index (χ2v) is 12.6. The number of hydrogen-bond donors (Lipinski definition) is 0. The second-order valence-electron chi connectivity index (χ2n) is 12.6. The van der Waals surface area contributed by atoms with Gasteiger partial charge in [-0.1, -0.05) is 36.9 Å². The van der Waals surface area contributed by atoms with Gasteiger partial charge in [-0.2, -0.15) is 9.97 Å². The molecule has 1 atom stereocenters. The molecule has 0 radical (unpaired) electrons. The van der Waals surface area contributed by atoms with Crippen LogP contribution in [-0.4, -0.2) is 91.7 Å². The van der Waals surface area contributed by atoms with Gasteiger partial charge in [0.2, 0.25) is 12.5 Å². The first-order valence-corrected chi connectivity index (χ1v) is 15.2. The Bertz CT molecular complexity index is 1570. The average molecular weight is 580 g/mol. The molecule has 9 heteroatoms. The Kier molecular flexibility index (Phi) is 7.97.